The Morgan fingerprint density at radius 1 is 1.38 bits per heavy atom. The van der Waals surface area contributed by atoms with Crippen LogP contribution in [0.1, 0.15) is 6.92 Å². The van der Waals surface area contributed by atoms with Crippen LogP contribution in [0.25, 0.3) is 10.9 Å². The van der Waals surface area contributed by atoms with Gasteiger partial charge in [-0.05, 0) is 6.07 Å². The van der Waals surface area contributed by atoms with Crippen molar-refractivity contribution >= 4 is 22.6 Å². The second-order valence-corrected chi connectivity index (χ2v) is 3.41. The Hall–Kier alpha value is -2.17. The lowest BCUT2D eigenvalue weighted by molar-refractivity contribution is -0.132. The van der Waals surface area contributed by atoms with E-state index < -0.39 is 0 Å². The van der Waals surface area contributed by atoms with Gasteiger partial charge in [-0.3, -0.25) is 4.79 Å². The number of hydrogen-bond donors (Lipinski definition) is 2. The molecule has 0 spiro atoms. The monoisotopic (exact) mass is 220 g/mol. The molecule has 5 nitrogen and oxygen atoms in total. The fourth-order valence-electron chi connectivity index (χ4n) is 1.58. The highest BCUT2D eigenvalue weighted by molar-refractivity contribution is 5.90. The zero-order valence-electron chi connectivity index (χ0n) is 9.03. The second-order valence-electron chi connectivity index (χ2n) is 3.41. The Balaban J connectivity index is 2.55. The maximum atomic E-state index is 10.8. The number of carbonyl (C=O) groups is 1. The maximum Gasteiger partial charge on any atom is 0.309 e. The van der Waals surface area contributed by atoms with E-state index >= 15 is 0 Å². The van der Waals surface area contributed by atoms with E-state index in [1.807, 2.05) is 0 Å². The number of ether oxygens (including phenoxy) is 2. The summed E-state index contributed by atoms with van der Waals surface area (Å²) < 4.78 is 10.1. The fourth-order valence-corrected chi connectivity index (χ4v) is 1.58. The number of fused-ring (bicyclic) bond motifs is 1. The number of methoxy groups -OCH3 is 1. The first-order valence-corrected chi connectivity index (χ1v) is 4.75. The fraction of sp³-hybridized carbons (Fsp3) is 0.182. The van der Waals surface area contributed by atoms with Crippen molar-refractivity contribution in [2.45, 2.75) is 6.92 Å². The normalized spacial score (nSPS) is 10.4. The highest BCUT2D eigenvalue weighted by Crippen LogP contribution is 2.31. The van der Waals surface area contributed by atoms with Gasteiger partial charge in [0.15, 0.2) is 0 Å². The van der Waals surface area contributed by atoms with E-state index in [9.17, 15) is 4.79 Å². The van der Waals surface area contributed by atoms with E-state index in [1.54, 1.807) is 25.3 Å². The molecule has 0 aliphatic carbocycles. The molecule has 5 heteroatoms. The average molecular weight is 220 g/mol. The van der Waals surface area contributed by atoms with Gasteiger partial charge >= 0.3 is 5.97 Å². The summed E-state index contributed by atoms with van der Waals surface area (Å²) in [7, 11) is 1.56. The second kappa shape index (κ2) is 3.77. The number of aromatic amines is 1. The van der Waals surface area contributed by atoms with Crippen LogP contribution in [0.3, 0.4) is 0 Å². The molecular formula is C11H12N2O3. The molecule has 2 aromatic rings. The lowest BCUT2D eigenvalue weighted by Crippen LogP contribution is -2.00. The predicted molar refractivity (Wildman–Crippen MR) is 60.6 cm³/mol. The van der Waals surface area contributed by atoms with E-state index in [1.165, 1.54) is 6.92 Å². The number of nitrogens with one attached hydrogen (secondary N) is 1. The predicted octanol–water partition coefficient (Wildman–Crippen LogP) is 1.68. The number of nitrogens with two attached hydrogens (primary N) is 1. The van der Waals surface area contributed by atoms with Crippen molar-refractivity contribution in [3.8, 4) is 11.6 Å². The summed E-state index contributed by atoms with van der Waals surface area (Å²) in [6.07, 6.45) is 0. The topological polar surface area (TPSA) is 77.3 Å². The summed E-state index contributed by atoms with van der Waals surface area (Å²) >= 11 is 0. The molecule has 1 aromatic heterocycles. The Kier molecular flexibility index (Phi) is 2.44. The minimum atomic E-state index is -0.376. The lowest BCUT2D eigenvalue weighted by atomic mass is 10.2. The Bertz CT molecular complexity index is 545. The molecule has 0 saturated heterocycles. The molecule has 1 heterocycles. The minimum absolute atomic E-state index is 0.376. The van der Waals surface area contributed by atoms with E-state index in [0.717, 1.165) is 10.9 Å². The van der Waals surface area contributed by atoms with Crippen LogP contribution >= 0.6 is 0 Å². The molecule has 84 valence electrons. The molecule has 0 atom stereocenters. The van der Waals surface area contributed by atoms with Gasteiger partial charge in [0.05, 0.1) is 12.6 Å². The number of nitrogen functional groups attached to an aromatic ring is 1. The van der Waals surface area contributed by atoms with Gasteiger partial charge in [-0.15, -0.1) is 0 Å². The van der Waals surface area contributed by atoms with Gasteiger partial charge in [-0.25, -0.2) is 0 Å². The summed E-state index contributed by atoms with van der Waals surface area (Å²) in [6, 6.07) is 5.19. The number of aromatic nitrogens is 1. The van der Waals surface area contributed by atoms with Crippen molar-refractivity contribution in [2.75, 3.05) is 12.8 Å². The number of carbonyl (C=O) groups excluding carboxylic acids is 1. The van der Waals surface area contributed by atoms with Crippen LogP contribution in [0.5, 0.6) is 11.6 Å². The first kappa shape index (κ1) is 10.4. The molecule has 0 saturated carbocycles. The Morgan fingerprint density at radius 2 is 2.12 bits per heavy atom. The number of anilines is 1. The van der Waals surface area contributed by atoms with Gasteiger partial charge in [0.2, 0.25) is 5.88 Å². The van der Waals surface area contributed by atoms with Crippen LogP contribution in [0.2, 0.25) is 0 Å². The van der Waals surface area contributed by atoms with E-state index in [2.05, 4.69) is 4.98 Å². The summed E-state index contributed by atoms with van der Waals surface area (Å²) in [4.78, 5) is 13.8. The number of rotatable bonds is 2. The zero-order chi connectivity index (χ0) is 11.7. The molecule has 1 aromatic carbocycles. The summed E-state index contributed by atoms with van der Waals surface area (Å²) in [5.41, 5.74) is 7.06. The molecular weight excluding hydrogens is 208 g/mol. The van der Waals surface area contributed by atoms with Crippen molar-refractivity contribution in [3.63, 3.8) is 0 Å². The molecule has 0 aliphatic heterocycles. The van der Waals surface area contributed by atoms with Gasteiger partial charge in [0, 0.05) is 30.1 Å². The Morgan fingerprint density at radius 3 is 2.75 bits per heavy atom. The summed E-state index contributed by atoms with van der Waals surface area (Å²) in [5, 5.41) is 0.841. The molecule has 0 radical (unpaired) electrons. The third-order valence-corrected chi connectivity index (χ3v) is 2.16. The molecule has 0 bridgehead atoms. The third-order valence-electron chi connectivity index (χ3n) is 2.16. The molecule has 0 amide bonds. The van der Waals surface area contributed by atoms with E-state index in [0.29, 0.717) is 17.3 Å². The van der Waals surface area contributed by atoms with Crippen LogP contribution in [-0.4, -0.2) is 18.1 Å². The molecule has 2 rings (SSSR count). The average Bonchev–Trinajstić information content (AvgIpc) is 2.57. The maximum absolute atomic E-state index is 10.8. The number of benzene rings is 1. The van der Waals surface area contributed by atoms with Crippen LogP contribution in [0.15, 0.2) is 18.2 Å². The van der Waals surface area contributed by atoms with Crippen LogP contribution in [-0.2, 0) is 4.79 Å². The molecule has 0 fully saturated rings. The van der Waals surface area contributed by atoms with Crippen LogP contribution in [0.4, 0.5) is 5.69 Å². The molecule has 3 N–H and O–H groups in total. The van der Waals surface area contributed by atoms with Gasteiger partial charge in [-0.2, -0.15) is 0 Å². The van der Waals surface area contributed by atoms with Crippen LogP contribution in [0, 0.1) is 0 Å². The standard InChI is InChI=1S/C11H12N2O3/c1-6(14)16-10-4-7-3-8(12)5-9(15-2)11(7)13-10/h3-5,13H,12H2,1-2H3. The van der Waals surface area contributed by atoms with E-state index in [-0.39, 0.29) is 5.97 Å². The zero-order valence-corrected chi connectivity index (χ0v) is 9.03. The molecule has 0 aliphatic rings. The quantitative estimate of drug-likeness (QED) is 0.596. The van der Waals surface area contributed by atoms with Crippen molar-refractivity contribution in [3.05, 3.63) is 18.2 Å². The van der Waals surface area contributed by atoms with Crippen molar-refractivity contribution in [1.82, 2.24) is 4.98 Å². The summed E-state index contributed by atoms with van der Waals surface area (Å²) in [5.74, 6) is 0.623. The number of H-pyrrole nitrogens is 1. The lowest BCUT2D eigenvalue weighted by Gasteiger charge is -2.02. The van der Waals surface area contributed by atoms with Gasteiger partial charge in [0.1, 0.15) is 5.75 Å². The van der Waals surface area contributed by atoms with Gasteiger partial charge < -0.3 is 20.2 Å². The third kappa shape index (κ3) is 1.79. The first-order valence-electron chi connectivity index (χ1n) is 4.75. The van der Waals surface area contributed by atoms with Crippen molar-refractivity contribution in [2.24, 2.45) is 0 Å². The highest BCUT2D eigenvalue weighted by Gasteiger charge is 2.09. The van der Waals surface area contributed by atoms with Crippen LogP contribution < -0.4 is 15.2 Å². The minimum Gasteiger partial charge on any atom is -0.494 e. The highest BCUT2D eigenvalue weighted by atomic mass is 16.5. The molecule has 16 heavy (non-hydrogen) atoms. The van der Waals surface area contributed by atoms with Gasteiger partial charge in [0.25, 0.3) is 0 Å². The first-order chi connectivity index (χ1) is 7.60. The van der Waals surface area contributed by atoms with Crippen molar-refractivity contribution in [1.29, 1.82) is 0 Å². The Labute approximate surface area is 92.1 Å². The number of hydrogen-bond acceptors (Lipinski definition) is 4. The SMILES string of the molecule is COc1cc(N)cc2cc(OC(C)=O)[nH]c12. The smallest absolute Gasteiger partial charge is 0.309 e. The molecule has 0 unspecified atom stereocenters. The van der Waals surface area contributed by atoms with Gasteiger partial charge in [-0.1, -0.05) is 0 Å². The number of esters is 1. The summed E-state index contributed by atoms with van der Waals surface area (Å²) in [6.45, 7) is 1.34. The van der Waals surface area contributed by atoms with Crippen molar-refractivity contribution < 1.29 is 14.3 Å². The van der Waals surface area contributed by atoms with E-state index in [4.69, 9.17) is 15.2 Å². The largest absolute Gasteiger partial charge is 0.494 e.